The quantitative estimate of drug-likeness (QED) is 0.262. The third-order valence-corrected chi connectivity index (χ3v) is 5.56. The fourth-order valence-corrected chi connectivity index (χ4v) is 3.63. The molecule has 0 N–H and O–H groups in total. The van der Waals surface area contributed by atoms with Gasteiger partial charge in [-0.1, -0.05) is 97.9 Å². The SMILES string of the molecule is CC(Cc1ccc(/C=C/c2ccc(COc3ccc(F)cc3)cc2)cc1)c1ccccc1. The van der Waals surface area contributed by atoms with Crippen molar-refractivity contribution < 1.29 is 9.13 Å². The molecule has 0 saturated carbocycles. The van der Waals surface area contributed by atoms with Crippen LogP contribution in [0.1, 0.15) is 40.7 Å². The fourth-order valence-electron chi connectivity index (χ4n) is 3.63. The van der Waals surface area contributed by atoms with Gasteiger partial charge in [-0.2, -0.15) is 0 Å². The van der Waals surface area contributed by atoms with E-state index >= 15 is 0 Å². The summed E-state index contributed by atoms with van der Waals surface area (Å²) in [5, 5.41) is 0. The van der Waals surface area contributed by atoms with Crippen LogP contribution in [-0.4, -0.2) is 0 Å². The number of benzene rings is 4. The van der Waals surface area contributed by atoms with E-state index in [2.05, 4.69) is 97.9 Å². The Kier molecular flexibility index (Phi) is 7.14. The highest BCUT2D eigenvalue weighted by molar-refractivity contribution is 5.69. The van der Waals surface area contributed by atoms with Crippen LogP contribution in [0.25, 0.3) is 12.2 Å². The summed E-state index contributed by atoms with van der Waals surface area (Å²) in [7, 11) is 0. The van der Waals surface area contributed by atoms with Crippen LogP contribution in [0.3, 0.4) is 0 Å². The van der Waals surface area contributed by atoms with Crippen molar-refractivity contribution in [3.63, 3.8) is 0 Å². The predicted octanol–water partition coefficient (Wildman–Crippen LogP) is 7.92. The summed E-state index contributed by atoms with van der Waals surface area (Å²) < 4.78 is 18.7. The van der Waals surface area contributed by atoms with Gasteiger partial charge in [0.25, 0.3) is 0 Å². The molecule has 0 saturated heterocycles. The molecule has 0 spiro atoms. The van der Waals surface area contributed by atoms with Gasteiger partial charge in [-0.25, -0.2) is 4.39 Å². The van der Waals surface area contributed by atoms with Crippen LogP contribution >= 0.6 is 0 Å². The van der Waals surface area contributed by atoms with Crippen molar-refractivity contribution in [2.75, 3.05) is 0 Å². The van der Waals surface area contributed by atoms with E-state index in [0.29, 0.717) is 18.3 Å². The van der Waals surface area contributed by atoms with E-state index < -0.39 is 0 Å². The normalized spacial score (nSPS) is 12.1. The summed E-state index contributed by atoms with van der Waals surface area (Å²) in [5.74, 6) is 0.907. The Labute approximate surface area is 189 Å². The zero-order chi connectivity index (χ0) is 22.2. The first-order valence-corrected chi connectivity index (χ1v) is 10.9. The Balaban J connectivity index is 1.30. The van der Waals surface area contributed by atoms with Gasteiger partial charge in [-0.15, -0.1) is 0 Å². The number of rotatable bonds is 8. The zero-order valence-electron chi connectivity index (χ0n) is 18.2. The molecule has 1 atom stereocenters. The molecule has 32 heavy (non-hydrogen) atoms. The van der Waals surface area contributed by atoms with Crippen LogP contribution < -0.4 is 4.74 Å². The van der Waals surface area contributed by atoms with E-state index in [9.17, 15) is 4.39 Å². The Hall–Kier alpha value is -3.65. The average molecular weight is 423 g/mol. The lowest BCUT2D eigenvalue weighted by molar-refractivity contribution is 0.306. The molecular formula is C30H27FO. The van der Waals surface area contributed by atoms with Gasteiger partial charge in [-0.05, 0) is 64.4 Å². The summed E-state index contributed by atoms with van der Waals surface area (Å²) >= 11 is 0. The summed E-state index contributed by atoms with van der Waals surface area (Å²) in [6.45, 7) is 2.73. The van der Waals surface area contributed by atoms with E-state index in [1.807, 2.05) is 0 Å². The first-order chi connectivity index (χ1) is 15.7. The predicted molar refractivity (Wildman–Crippen MR) is 131 cm³/mol. The largest absolute Gasteiger partial charge is 0.489 e. The molecule has 0 heterocycles. The van der Waals surface area contributed by atoms with Gasteiger partial charge in [-0.3, -0.25) is 0 Å². The van der Waals surface area contributed by atoms with Crippen molar-refractivity contribution in [1.82, 2.24) is 0 Å². The van der Waals surface area contributed by atoms with Crippen LogP contribution in [0.2, 0.25) is 0 Å². The minimum Gasteiger partial charge on any atom is -0.489 e. The van der Waals surface area contributed by atoms with Gasteiger partial charge in [0.05, 0.1) is 0 Å². The minimum atomic E-state index is -0.259. The maximum Gasteiger partial charge on any atom is 0.123 e. The molecule has 0 amide bonds. The van der Waals surface area contributed by atoms with Crippen molar-refractivity contribution in [2.24, 2.45) is 0 Å². The second-order valence-corrected chi connectivity index (χ2v) is 8.07. The van der Waals surface area contributed by atoms with Gasteiger partial charge in [0, 0.05) is 0 Å². The molecule has 4 aromatic rings. The maximum atomic E-state index is 13.0. The number of halogens is 1. The molecule has 0 aliphatic rings. The van der Waals surface area contributed by atoms with Crippen LogP contribution in [0.15, 0.2) is 103 Å². The average Bonchev–Trinajstić information content (AvgIpc) is 2.84. The molecule has 0 fully saturated rings. The van der Waals surface area contributed by atoms with Crippen molar-refractivity contribution in [3.8, 4) is 5.75 Å². The molecule has 0 radical (unpaired) electrons. The molecule has 0 aromatic heterocycles. The Morgan fingerprint density at radius 3 is 1.84 bits per heavy atom. The molecular weight excluding hydrogens is 395 g/mol. The lowest BCUT2D eigenvalue weighted by Gasteiger charge is -2.12. The van der Waals surface area contributed by atoms with Crippen molar-refractivity contribution in [3.05, 3.63) is 137 Å². The molecule has 0 aliphatic carbocycles. The smallest absolute Gasteiger partial charge is 0.123 e. The Bertz CT molecular complexity index is 1130. The topological polar surface area (TPSA) is 9.23 Å². The summed E-state index contributed by atoms with van der Waals surface area (Å²) in [6, 6.07) is 33.8. The number of hydrogen-bond acceptors (Lipinski definition) is 1. The van der Waals surface area contributed by atoms with Gasteiger partial charge in [0.1, 0.15) is 18.2 Å². The van der Waals surface area contributed by atoms with E-state index in [-0.39, 0.29) is 5.82 Å². The summed E-state index contributed by atoms with van der Waals surface area (Å²) in [5.41, 5.74) is 6.12. The first kappa shape index (κ1) is 21.6. The molecule has 0 aliphatic heterocycles. The first-order valence-electron chi connectivity index (χ1n) is 10.9. The zero-order valence-corrected chi connectivity index (χ0v) is 18.2. The highest BCUT2D eigenvalue weighted by Crippen LogP contribution is 2.21. The Morgan fingerprint density at radius 1 is 0.688 bits per heavy atom. The Morgan fingerprint density at radius 2 is 1.25 bits per heavy atom. The maximum absolute atomic E-state index is 13.0. The monoisotopic (exact) mass is 422 g/mol. The third kappa shape index (κ3) is 6.18. The summed E-state index contributed by atoms with van der Waals surface area (Å²) in [6.07, 6.45) is 5.29. The number of ether oxygens (including phenoxy) is 1. The van der Waals surface area contributed by atoms with Crippen molar-refractivity contribution >= 4 is 12.2 Å². The van der Waals surface area contributed by atoms with Crippen LogP contribution in [0, 0.1) is 5.82 Å². The van der Waals surface area contributed by atoms with Crippen LogP contribution in [0.5, 0.6) is 5.75 Å². The molecule has 1 unspecified atom stereocenters. The van der Waals surface area contributed by atoms with Crippen LogP contribution in [0.4, 0.5) is 4.39 Å². The van der Waals surface area contributed by atoms with E-state index in [1.54, 1.807) is 12.1 Å². The molecule has 0 bridgehead atoms. The van der Waals surface area contributed by atoms with E-state index in [0.717, 1.165) is 17.5 Å². The number of hydrogen-bond donors (Lipinski definition) is 0. The fraction of sp³-hybridized carbons (Fsp3) is 0.133. The van der Waals surface area contributed by atoms with Crippen molar-refractivity contribution in [1.29, 1.82) is 0 Å². The molecule has 1 nitrogen and oxygen atoms in total. The lowest BCUT2D eigenvalue weighted by Crippen LogP contribution is -1.98. The minimum absolute atomic E-state index is 0.259. The van der Waals surface area contributed by atoms with Gasteiger partial charge in [0.2, 0.25) is 0 Å². The van der Waals surface area contributed by atoms with Gasteiger partial charge >= 0.3 is 0 Å². The summed E-state index contributed by atoms with van der Waals surface area (Å²) in [4.78, 5) is 0. The van der Waals surface area contributed by atoms with Crippen molar-refractivity contribution in [2.45, 2.75) is 25.9 Å². The van der Waals surface area contributed by atoms with Gasteiger partial charge in [0.15, 0.2) is 0 Å². The standard InChI is InChI=1S/C30H27FO/c1-23(28-5-3-2-4-6-28)21-26-13-9-24(10-14-26)7-8-25-11-15-27(16-12-25)22-32-30-19-17-29(31)18-20-30/h2-20,23H,21-22H2,1H3/b8-7+. The van der Waals surface area contributed by atoms with Crippen LogP contribution in [-0.2, 0) is 13.0 Å². The third-order valence-electron chi connectivity index (χ3n) is 5.56. The molecule has 2 heteroatoms. The van der Waals surface area contributed by atoms with E-state index in [1.165, 1.54) is 28.8 Å². The lowest BCUT2D eigenvalue weighted by atomic mass is 9.93. The highest BCUT2D eigenvalue weighted by atomic mass is 19.1. The molecule has 4 aromatic carbocycles. The second-order valence-electron chi connectivity index (χ2n) is 8.07. The molecule has 4 rings (SSSR count). The second kappa shape index (κ2) is 10.6. The highest BCUT2D eigenvalue weighted by Gasteiger charge is 2.06. The van der Waals surface area contributed by atoms with E-state index in [4.69, 9.17) is 4.74 Å². The molecule has 160 valence electrons. The van der Waals surface area contributed by atoms with Gasteiger partial charge < -0.3 is 4.74 Å².